The number of halogens is 1. The molecule has 0 saturated carbocycles. The molecular weight excluding hydrogens is 341 g/mol. The third-order valence-corrected chi connectivity index (χ3v) is 5.25. The van der Waals surface area contributed by atoms with Gasteiger partial charge in [-0.15, -0.1) is 0 Å². The molecule has 0 amide bonds. The molecule has 0 fully saturated rings. The summed E-state index contributed by atoms with van der Waals surface area (Å²) < 4.78 is 46.2. The maximum atomic E-state index is 13.1. The van der Waals surface area contributed by atoms with Crippen molar-refractivity contribution in [2.24, 2.45) is 0 Å². The van der Waals surface area contributed by atoms with Crippen molar-refractivity contribution in [2.75, 3.05) is 6.54 Å². The molecule has 0 aliphatic rings. The first-order chi connectivity index (χ1) is 11.6. The van der Waals surface area contributed by atoms with Crippen molar-refractivity contribution in [2.45, 2.75) is 44.1 Å². The van der Waals surface area contributed by atoms with Gasteiger partial charge in [-0.2, -0.15) is 0 Å². The van der Waals surface area contributed by atoms with Gasteiger partial charge in [0.25, 0.3) is 0 Å². The predicted molar refractivity (Wildman–Crippen MR) is 96.8 cm³/mol. The highest BCUT2D eigenvalue weighted by molar-refractivity contribution is 7.89. The van der Waals surface area contributed by atoms with Crippen molar-refractivity contribution < 1.29 is 17.5 Å². The molecule has 1 N–H and O–H groups in total. The zero-order valence-corrected chi connectivity index (χ0v) is 15.7. The van der Waals surface area contributed by atoms with Gasteiger partial charge < -0.3 is 4.74 Å². The van der Waals surface area contributed by atoms with E-state index in [0.717, 1.165) is 5.56 Å². The lowest BCUT2D eigenvalue weighted by Crippen LogP contribution is -2.36. The highest BCUT2D eigenvalue weighted by Gasteiger charge is 2.24. The van der Waals surface area contributed by atoms with Gasteiger partial charge in [0.1, 0.15) is 11.6 Å². The Morgan fingerprint density at radius 1 is 1.04 bits per heavy atom. The molecule has 0 heterocycles. The van der Waals surface area contributed by atoms with Crippen LogP contribution >= 0.6 is 0 Å². The Bertz CT molecular complexity index is 798. The van der Waals surface area contributed by atoms with Gasteiger partial charge in [-0.1, -0.05) is 26.0 Å². The molecule has 2 aromatic rings. The van der Waals surface area contributed by atoms with E-state index < -0.39 is 15.4 Å². The summed E-state index contributed by atoms with van der Waals surface area (Å²) in [5.74, 6) is 0.310. The SMILES string of the molecule is CC(C)Oc1ccc(S(=O)(=O)NCC(C)(C)c2ccc(F)cc2)cc1. The minimum absolute atomic E-state index is 0.0251. The van der Waals surface area contributed by atoms with Gasteiger partial charge >= 0.3 is 0 Å². The minimum atomic E-state index is -3.63. The molecule has 0 aliphatic heterocycles. The Balaban J connectivity index is 2.09. The molecule has 0 unspecified atom stereocenters. The van der Waals surface area contributed by atoms with Crippen molar-refractivity contribution in [1.29, 1.82) is 0 Å². The van der Waals surface area contributed by atoms with E-state index in [-0.39, 0.29) is 23.4 Å². The number of sulfonamides is 1. The standard InChI is InChI=1S/C19H24FNO3S/c1-14(2)24-17-9-11-18(12-10-17)25(22,23)21-13-19(3,4)15-5-7-16(20)8-6-15/h5-12,14,21H,13H2,1-4H3. The zero-order chi connectivity index (χ0) is 18.7. The monoisotopic (exact) mass is 365 g/mol. The second kappa shape index (κ2) is 7.54. The van der Waals surface area contributed by atoms with E-state index in [1.807, 2.05) is 27.7 Å². The molecule has 0 radical (unpaired) electrons. The van der Waals surface area contributed by atoms with Gasteiger partial charge in [0.05, 0.1) is 11.0 Å². The Morgan fingerprint density at radius 3 is 2.12 bits per heavy atom. The molecule has 0 aliphatic carbocycles. The number of hydrogen-bond acceptors (Lipinski definition) is 3. The van der Waals surface area contributed by atoms with Crippen LogP contribution in [-0.2, 0) is 15.4 Å². The van der Waals surface area contributed by atoms with Gasteiger partial charge in [-0.3, -0.25) is 0 Å². The number of benzene rings is 2. The molecule has 4 nitrogen and oxygen atoms in total. The smallest absolute Gasteiger partial charge is 0.240 e. The van der Waals surface area contributed by atoms with E-state index in [1.54, 1.807) is 24.3 Å². The van der Waals surface area contributed by atoms with Crippen molar-refractivity contribution in [3.8, 4) is 5.75 Å². The molecule has 0 saturated heterocycles. The second-order valence-corrected chi connectivity index (χ2v) is 8.62. The molecule has 0 atom stereocenters. The first-order valence-electron chi connectivity index (χ1n) is 8.12. The lowest BCUT2D eigenvalue weighted by molar-refractivity contribution is 0.242. The van der Waals surface area contributed by atoms with Crippen LogP contribution in [0.1, 0.15) is 33.3 Å². The van der Waals surface area contributed by atoms with Crippen LogP contribution in [0, 0.1) is 5.82 Å². The van der Waals surface area contributed by atoms with Crippen LogP contribution in [-0.4, -0.2) is 21.1 Å². The minimum Gasteiger partial charge on any atom is -0.491 e. The Morgan fingerprint density at radius 2 is 1.60 bits per heavy atom. The fourth-order valence-electron chi connectivity index (χ4n) is 2.33. The molecule has 6 heteroatoms. The normalized spacial score (nSPS) is 12.4. The average molecular weight is 365 g/mol. The predicted octanol–water partition coefficient (Wildman–Crippen LogP) is 3.87. The van der Waals surface area contributed by atoms with Crippen LogP contribution in [0.2, 0.25) is 0 Å². The number of ether oxygens (including phenoxy) is 1. The quantitative estimate of drug-likeness (QED) is 0.810. The first-order valence-corrected chi connectivity index (χ1v) is 9.61. The maximum Gasteiger partial charge on any atom is 0.240 e. The summed E-state index contributed by atoms with van der Waals surface area (Å²) in [5, 5.41) is 0. The number of nitrogens with one attached hydrogen (secondary N) is 1. The summed E-state index contributed by atoms with van der Waals surface area (Å²) in [7, 11) is -3.63. The summed E-state index contributed by atoms with van der Waals surface area (Å²) >= 11 is 0. The highest BCUT2D eigenvalue weighted by Crippen LogP contribution is 2.24. The van der Waals surface area contributed by atoms with Crippen molar-refractivity contribution >= 4 is 10.0 Å². The third kappa shape index (κ3) is 5.28. The topological polar surface area (TPSA) is 55.4 Å². The van der Waals surface area contributed by atoms with Gasteiger partial charge in [-0.05, 0) is 55.8 Å². The number of rotatable bonds is 7. The van der Waals surface area contributed by atoms with E-state index in [4.69, 9.17) is 4.74 Å². The molecule has 0 spiro atoms. The van der Waals surface area contributed by atoms with Gasteiger partial charge in [0.2, 0.25) is 10.0 Å². The van der Waals surface area contributed by atoms with Crippen LogP contribution in [0.3, 0.4) is 0 Å². The van der Waals surface area contributed by atoms with Crippen LogP contribution in [0.15, 0.2) is 53.4 Å². The Kier molecular flexibility index (Phi) is 5.85. The fourth-order valence-corrected chi connectivity index (χ4v) is 3.54. The van der Waals surface area contributed by atoms with Crippen LogP contribution < -0.4 is 9.46 Å². The summed E-state index contributed by atoms with van der Waals surface area (Å²) in [6, 6.07) is 12.4. The van der Waals surface area contributed by atoms with Gasteiger partial charge in [0, 0.05) is 12.0 Å². The summed E-state index contributed by atoms with van der Waals surface area (Å²) in [6.45, 7) is 7.82. The maximum absolute atomic E-state index is 13.1. The molecule has 136 valence electrons. The molecule has 2 aromatic carbocycles. The average Bonchev–Trinajstić information content (AvgIpc) is 2.54. The Hall–Kier alpha value is -1.92. The van der Waals surface area contributed by atoms with E-state index in [2.05, 4.69) is 4.72 Å². The first kappa shape index (κ1) is 19.4. The Labute approximate surface area is 149 Å². The van der Waals surface area contributed by atoms with Crippen molar-refractivity contribution in [1.82, 2.24) is 4.72 Å². The summed E-state index contributed by atoms with van der Waals surface area (Å²) in [4.78, 5) is 0.179. The van der Waals surface area contributed by atoms with Gasteiger partial charge in [-0.25, -0.2) is 17.5 Å². The number of hydrogen-bond donors (Lipinski definition) is 1. The van der Waals surface area contributed by atoms with Crippen LogP contribution in [0.4, 0.5) is 4.39 Å². The van der Waals surface area contributed by atoms with Crippen molar-refractivity contribution in [3.63, 3.8) is 0 Å². The highest BCUT2D eigenvalue weighted by atomic mass is 32.2. The van der Waals surface area contributed by atoms with E-state index >= 15 is 0 Å². The van der Waals surface area contributed by atoms with E-state index in [9.17, 15) is 12.8 Å². The molecule has 0 bridgehead atoms. The summed E-state index contributed by atoms with van der Waals surface area (Å²) in [5.41, 5.74) is 0.388. The van der Waals surface area contributed by atoms with E-state index in [0.29, 0.717) is 5.75 Å². The van der Waals surface area contributed by atoms with Crippen LogP contribution in [0.5, 0.6) is 5.75 Å². The van der Waals surface area contributed by atoms with E-state index in [1.165, 1.54) is 24.3 Å². The zero-order valence-electron chi connectivity index (χ0n) is 14.9. The lowest BCUT2D eigenvalue weighted by Gasteiger charge is -2.25. The lowest BCUT2D eigenvalue weighted by atomic mass is 9.85. The molecule has 0 aromatic heterocycles. The molecular formula is C19H24FNO3S. The second-order valence-electron chi connectivity index (χ2n) is 6.85. The fraction of sp³-hybridized carbons (Fsp3) is 0.368. The molecule has 2 rings (SSSR count). The summed E-state index contributed by atoms with van der Waals surface area (Å²) in [6.07, 6.45) is 0.0251. The largest absolute Gasteiger partial charge is 0.491 e. The van der Waals surface area contributed by atoms with Crippen molar-refractivity contribution in [3.05, 3.63) is 59.9 Å². The van der Waals surface area contributed by atoms with Gasteiger partial charge in [0.15, 0.2) is 0 Å². The van der Waals surface area contributed by atoms with Crippen LogP contribution in [0.25, 0.3) is 0 Å². The molecule has 25 heavy (non-hydrogen) atoms. The third-order valence-electron chi connectivity index (χ3n) is 3.84.